The molecule has 574 valence electrons. The zero-order chi connectivity index (χ0) is 72.7. The van der Waals surface area contributed by atoms with Gasteiger partial charge in [-0.15, -0.1) is 0 Å². The molecule has 4 amide bonds. The van der Waals surface area contributed by atoms with Crippen LogP contribution in [0.2, 0.25) is 0 Å². The van der Waals surface area contributed by atoms with Gasteiger partial charge < -0.3 is 65.5 Å². The second-order valence-electron chi connectivity index (χ2n) is 29.5. The summed E-state index contributed by atoms with van der Waals surface area (Å²) in [4.78, 5) is 74.6. The van der Waals surface area contributed by atoms with E-state index in [2.05, 4.69) is 52.4 Å². The Hall–Kier alpha value is -4.44. The lowest BCUT2D eigenvalue weighted by atomic mass is 9.98. The fraction of sp³-hybridized carbons (Fsp3) is 0.848. The van der Waals surface area contributed by atoms with Gasteiger partial charge in [0, 0.05) is 50.9 Å². The van der Waals surface area contributed by atoms with Gasteiger partial charge in [0.15, 0.2) is 5.79 Å². The number of carboxylic acid groups (broad SMARTS) is 3. The number of benzene rings is 1. The summed E-state index contributed by atoms with van der Waals surface area (Å²) in [7, 11) is 2.20. The first-order valence-electron chi connectivity index (χ1n) is 39.7. The van der Waals surface area contributed by atoms with Gasteiger partial charge >= 0.3 is 23.9 Å². The number of aliphatic carboxylic acids is 3. The first kappa shape index (κ1) is 90.6. The minimum atomic E-state index is -1.50. The van der Waals surface area contributed by atoms with E-state index in [9.17, 15) is 44.1 Å². The quantitative estimate of drug-likeness (QED) is 0.0216. The molecule has 1 aliphatic rings. The standard InChI is InChI=1S/C79H144N6O14/c1-8-11-13-15-17-19-21-23-25-27-29-31-33-35-37-42-55-79(56-43-38-36-34-32-30-28-26-24-22-20-18-16-14-12-9-2)97-62-67(99-79)54-60-85(7)59-45-39-40-47-70(86)82-63-78(6,10-3)98-64-77(4,5)96-61-58-81-73(90)66-50-48-65(49-51-66)72(89)80-57-44-41-46-68(74(91)92)83-76(95)84-69(75(93)94)52-53-71(87)88/h48-51,67-69,72,80,89H,8-47,52-64H2,1-7H3,(H,81,90)(H,82,86)(H,87,88)(H,91,92)(H,93,94)(H2,83,84,95). The molecule has 0 aromatic heterocycles. The van der Waals surface area contributed by atoms with Gasteiger partial charge in [-0.1, -0.05) is 232 Å². The number of nitrogens with one attached hydrogen (secondary N) is 5. The fourth-order valence-corrected chi connectivity index (χ4v) is 12.8. The number of carboxylic acids is 3. The minimum absolute atomic E-state index is 0.0155. The van der Waals surface area contributed by atoms with Crippen molar-refractivity contribution in [2.75, 3.05) is 59.6 Å². The molecule has 1 aromatic carbocycles. The zero-order valence-corrected chi connectivity index (χ0v) is 63.4. The van der Waals surface area contributed by atoms with Crippen LogP contribution < -0.4 is 26.6 Å². The van der Waals surface area contributed by atoms with Crippen molar-refractivity contribution in [2.45, 2.75) is 372 Å². The Kier molecular flexibility index (Phi) is 52.2. The van der Waals surface area contributed by atoms with E-state index >= 15 is 0 Å². The number of amides is 4. The summed E-state index contributed by atoms with van der Waals surface area (Å²) in [6.45, 7) is 16.5. The van der Waals surface area contributed by atoms with Gasteiger partial charge in [0.25, 0.3) is 5.91 Å². The highest BCUT2D eigenvalue weighted by Gasteiger charge is 2.40. The van der Waals surface area contributed by atoms with Crippen molar-refractivity contribution in [3.8, 4) is 0 Å². The van der Waals surface area contributed by atoms with Crippen LogP contribution in [0.25, 0.3) is 0 Å². The molecule has 9 N–H and O–H groups in total. The average Bonchev–Trinajstić information content (AvgIpc) is 1.74. The number of ether oxygens (including phenoxy) is 4. The monoisotopic (exact) mass is 1400 g/mol. The molecule has 0 aliphatic carbocycles. The molecular weight excluding hydrogens is 1260 g/mol. The number of aliphatic hydroxyl groups is 1. The van der Waals surface area contributed by atoms with Gasteiger partial charge in [-0.25, -0.2) is 14.4 Å². The number of unbranched alkanes of at least 4 members (excludes halogenated alkanes) is 33. The zero-order valence-electron chi connectivity index (χ0n) is 63.4. The molecule has 0 spiro atoms. The third-order valence-corrected chi connectivity index (χ3v) is 19.7. The molecule has 0 bridgehead atoms. The normalized spacial score (nSPS) is 15.3. The Morgan fingerprint density at radius 3 is 1.52 bits per heavy atom. The van der Waals surface area contributed by atoms with Gasteiger partial charge in [-0.05, 0) is 123 Å². The van der Waals surface area contributed by atoms with Crippen molar-refractivity contribution >= 4 is 35.8 Å². The van der Waals surface area contributed by atoms with Gasteiger partial charge in [0.05, 0.1) is 37.1 Å². The van der Waals surface area contributed by atoms with Crippen molar-refractivity contribution < 1.29 is 68.1 Å². The largest absolute Gasteiger partial charge is 0.481 e. The van der Waals surface area contributed by atoms with Crippen LogP contribution in [0.4, 0.5) is 4.79 Å². The van der Waals surface area contributed by atoms with Crippen LogP contribution in [0.15, 0.2) is 24.3 Å². The molecule has 0 saturated carbocycles. The average molecular weight is 1400 g/mol. The van der Waals surface area contributed by atoms with Crippen LogP contribution in [0, 0.1) is 0 Å². The van der Waals surface area contributed by atoms with Crippen LogP contribution in [0.5, 0.6) is 0 Å². The number of nitrogens with zero attached hydrogens (tertiary/aromatic N) is 1. The maximum absolute atomic E-state index is 13.0. The van der Waals surface area contributed by atoms with E-state index in [4.69, 9.17) is 24.1 Å². The summed E-state index contributed by atoms with van der Waals surface area (Å²) in [6.07, 6.45) is 49.9. The molecule has 1 saturated heterocycles. The van der Waals surface area contributed by atoms with Crippen LogP contribution in [-0.4, -0.2) is 156 Å². The maximum Gasteiger partial charge on any atom is 0.326 e. The van der Waals surface area contributed by atoms with E-state index in [0.29, 0.717) is 56.5 Å². The lowest BCUT2D eigenvalue weighted by Crippen LogP contribution is -2.51. The van der Waals surface area contributed by atoms with E-state index in [0.717, 1.165) is 51.6 Å². The summed E-state index contributed by atoms with van der Waals surface area (Å²) >= 11 is 0. The Labute approximate surface area is 599 Å². The van der Waals surface area contributed by atoms with Crippen LogP contribution in [0.1, 0.15) is 353 Å². The number of urea groups is 1. The molecule has 1 aliphatic heterocycles. The Balaban J connectivity index is 1.66. The van der Waals surface area contributed by atoms with Crippen LogP contribution in [0.3, 0.4) is 0 Å². The van der Waals surface area contributed by atoms with Crippen LogP contribution in [-0.2, 0) is 38.1 Å². The molecule has 2 rings (SSSR count). The molecule has 1 fully saturated rings. The van der Waals surface area contributed by atoms with Crippen molar-refractivity contribution in [1.82, 2.24) is 31.5 Å². The SMILES string of the molecule is CCCCCCCCCCCCCCCCCCC1(CCCCCCCCCCCCCCCCCC)OCC(CCN(C)CCCCCC(=O)NCC(C)(CC)OCC(C)(C)OCCNC(=O)c2ccc(C(O)NCCCCC(NC(=O)NC(CCC(=O)O)C(=O)O)C(=O)O)cc2)O1. The Morgan fingerprint density at radius 2 is 1.04 bits per heavy atom. The maximum atomic E-state index is 13.0. The number of carbonyl (C=O) groups excluding carboxylic acids is 3. The molecule has 0 radical (unpaired) electrons. The van der Waals surface area contributed by atoms with Gasteiger partial charge in [0.2, 0.25) is 5.91 Å². The molecule has 1 aromatic rings. The predicted octanol–water partition coefficient (Wildman–Crippen LogP) is 16.6. The fourth-order valence-electron chi connectivity index (χ4n) is 12.8. The first-order valence-corrected chi connectivity index (χ1v) is 39.7. The highest BCUT2D eigenvalue weighted by atomic mass is 16.7. The van der Waals surface area contributed by atoms with E-state index in [-0.39, 0.29) is 50.5 Å². The van der Waals surface area contributed by atoms with Gasteiger partial charge in [-0.3, -0.25) is 19.7 Å². The molecule has 5 unspecified atom stereocenters. The van der Waals surface area contributed by atoms with E-state index in [1.165, 1.54) is 205 Å². The number of hydrogen-bond donors (Lipinski definition) is 9. The Bertz CT molecular complexity index is 2210. The van der Waals surface area contributed by atoms with E-state index in [1.807, 2.05) is 27.7 Å². The summed E-state index contributed by atoms with van der Waals surface area (Å²) in [5.41, 5.74) is -0.377. The van der Waals surface area contributed by atoms with Gasteiger partial charge in [0.1, 0.15) is 18.3 Å². The highest BCUT2D eigenvalue weighted by Crippen LogP contribution is 2.36. The van der Waals surface area contributed by atoms with Crippen molar-refractivity contribution in [1.29, 1.82) is 0 Å². The molecule has 99 heavy (non-hydrogen) atoms. The van der Waals surface area contributed by atoms with Gasteiger partial charge in [-0.2, -0.15) is 0 Å². The molecule has 20 nitrogen and oxygen atoms in total. The molecular formula is C79H144N6O14. The number of hydrogen-bond acceptors (Lipinski definition) is 13. The molecule has 1 heterocycles. The molecule has 5 atom stereocenters. The van der Waals surface area contributed by atoms with Crippen molar-refractivity contribution in [2.24, 2.45) is 0 Å². The van der Waals surface area contributed by atoms with E-state index < -0.39 is 65.7 Å². The second-order valence-corrected chi connectivity index (χ2v) is 29.5. The van der Waals surface area contributed by atoms with E-state index in [1.54, 1.807) is 24.3 Å². The highest BCUT2D eigenvalue weighted by molar-refractivity contribution is 5.94. The lowest BCUT2D eigenvalue weighted by Gasteiger charge is -2.34. The van der Waals surface area contributed by atoms with Crippen LogP contribution >= 0.6 is 0 Å². The number of carbonyl (C=O) groups is 6. The number of aliphatic hydroxyl groups excluding tert-OH is 1. The van der Waals surface area contributed by atoms with Crippen molar-refractivity contribution in [3.63, 3.8) is 0 Å². The summed E-state index contributed by atoms with van der Waals surface area (Å²) in [6, 6.07) is 2.55. The third kappa shape index (κ3) is 47.5. The minimum Gasteiger partial charge on any atom is -0.481 e. The second kappa shape index (κ2) is 57.0. The smallest absolute Gasteiger partial charge is 0.326 e. The summed E-state index contributed by atoms with van der Waals surface area (Å²) in [5.74, 6) is -4.72. The Morgan fingerprint density at radius 1 is 0.566 bits per heavy atom. The molecule has 20 heteroatoms. The third-order valence-electron chi connectivity index (χ3n) is 19.7. The first-order chi connectivity index (χ1) is 47.7. The summed E-state index contributed by atoms with van der Waals surface area (Å²) < 4.78 is 26.1. The summed E-state index contributed by atoms with van der Waals surface area (Å²) in [5, 5.41) is 51.6. The lowest BCUT2D eigenvalue weighted by molar-refractivity contribution is -0.180. The van der Waals surface area contributed by atoms with Crippen molar-refractivity contribution in [3.05, 3.63) is 35.4 Å². The predicted molar refractivity (Wildman–Crippen MR) is 397 cm³/mol. The topological polar surface area (TPSA) is 284 Å². The number of rotatable bonds is 68.